The topological polar surface area (TPSA) is 75.1 Å². The second-order valence-corrected chi connectivity index (χ2v) is 4.63. The van der Waals surface area contributed by atoms with Crippen LogP contribution in [0.4, 0.5) is 0 Å². The third kappa shape index (κ3) is 3.88. The molecule has 2 aromatic rings. The molecule has 0 fully saturated rings. The number of aromatic nitrogens is 2. The fraction of sp³-hybridized carbons (Fsp3) is 0.312. The lowest BCUT2D eigenvalue weighted by Gasteiger charge is -2.12. The number of benzene rings is 1. The summed E-state index contributed by atoms with van der Waals surface area (Å²) in [5.74, 6) is 1.33. The fourth-order valence-electron chi connectivity index (χ4n) is 2.04. The molecule has 0 radical (unpaired) electrons. The van der Waals surface area contributed by atoms with E-state index in [1.165, 1.54) is 21.3 Å². The van der Waals surface area contributed by atoms with Gasteiger partial charge in [0.05, 0.1) is 26.0 Å². The van der Waals surface area contributed by atoms with Crippen LogP contribution >= 0.6 is 0 Å². The summed E-state index contributed by atoms with van der Waals surface area (Å²) in [5, 5.41) is 3.95. The van der Waals surface area contributed by atoms with Crippen molar-refractivity contribution in [2.24, 2.45) is 5.16 Å². The van der Waals surface area contributed by atoms with Crippen LogP contribution in [0, 0.1) is 6.92 Å². The van der Waals surface area contributed by atoms with E-state index in [2.05, 4.69) is 15.1 Å². The molecule has 0 saturated carbocycles. The molecule has 0 bridgehead atoms. The van der Waals surface area contributed by atoms with Crippen LogP contribution in [0.1, 0.15) is 18.1 Å². The summed E-state index contributed by atoms with van der Waals surface area (Å²) < 4.78 is 16.0. The average molecular weight is 317 g/mol. The van der Waals surface area contributed by atoms with Gasteiger partial charge in [-0.2, -0.15) is 9.97 Å². The number of methoxy groups -OCH3 is 2. The molecule has 23 heavy (non-hydrogen) atoms. The molecule has 0 amide bonds. The van der Waals surface area contributed by atoms with E-state index in [1.54, 1.807) is 6.07 Å². The summed E-state index contributed by atoms with van der Waals surface area (Å²) in [6.07, 6.45) is 0. The van der Waals surface area contributed by atoms with E-state index >= 15 is 0 Å². The number of ether oxygens (including phenoxy) is 3. The van der Waals surface area contributed by atoms with Crippen molar-refractivity contribution < 1.29 is 19.0 Å². The molecule has 0 saturated heterocycles. The minimum Gasteiger partial charge on any atom is -0.481 e. The van der Waals surface area contributed by atoms with Crippen LogP contribution < -0.4 is 14.2 Å². The Morgan fingerprint density at radius 3 is 2.26 bits per heavy atom. The van der Waals surface area contributed by atoms with Gasteiger partial charge < -0.3 is 19.0 Å². The Kier molecular flexibility index (Phi) is 5.35. The second kappa shape index (κ2) is 7.44. The van der Waals surface area contributed by atoms with Crippen molar-refractivity contribution in [3.63, 3.8) is 0 Å². The van der Waals surface area contributed by atoms with Crippen LogP contribution in [0.5, 0.6) is 23.5 Å². The summed E-state index contributed by atoms with van der Waals surface area (Å²) in [6, 6.07) is 7.35. The Bertz CT molecular complexity index is 694. The molecule has 0 aliphatic heterocycles. The van der Waals surface area contributed by atoms with Gasteiger partial charge in [0.2, 0.25) is 11.8 Å². The lowest BCUT2D eigenvalue weighted by Crippen LogP contribution is -2.02. The molecule has 1 heterocycles. The minimum absolute atomic E-state index is 0.141. The van der Waals surface area contributed by atoms with E-state index in [0.29, 0.717) is 17.5 Å². The molecule has 1 aromatic carbocycles. The molecule has 0 unspecified atom stereocenters. The predicted octanol–water partition coefficient (Wildman–Crippen LogP) is 2.96. The van der Waals surface area contributed by atoms with Crippen LogP contribution in [0.25, 0.3) is 0 Å². The largest absolute Gasteiger partial charge is 0.481 e. The molecule has 0 atom stereocenters. The highest BCUT2D eigenvalue weighted by molar-refractivity contribution is 6.00. The Hall–Kier alpha value is -2.83. The summed E-state index contributed by atoms with van der Waals surface area (Å²) >= 11 is 0. The van der Waals surface area contributed by atoms with E-state index < -0.39 is 0 Å². The van der Waals surface area contributed by atoms with Crippen LogP contribution in [0.2, 0.25) is 0 Å². The number of hydrogen-bond donors (Lipinski definition) is 0. The van der Waals surface area contributed by atoms with Gasteiger partial charge in [-0.3, -0.25) is 0 Å². The Balaban J connectivity index is 2.37. The quantitative estimate of drug-likeness (QED) is 0.602. The third-order valence-electron chi connectivity index (χ3n) is 3.18. The first-order chi connectivity index (χ1) is 11.1. The maximum Gasteiger partial charge on any atom is 0.328 e. The molecule has 0 aliphatic carbocycles. The first kappa shape index (κ1) is 16.5. The van der Waals surface area contributed by atoms with Gasteiger partial charge in [-0.1, -0.05) is 17.3 Å². The number of rotatable bonds is 6. The second-order valence-electron chi connectivity index (χ2n) is 4.63. The summed E-state index contributed by atoms with van der Waals surface area (Å²) in [6.45, 7) is 3.79. The molecule has 1 aromatic heterocycles. The van der Waals surface area contributed by atoms with Crippen molar-refractivity contribution in [1.29, 1.82) is 0 Å². The summed E-state index contributed by atoms with van der Waals surface area (Å²) in [4.78, 5) is 13.1. The molecule has 7 nitrogen and oxygen atoms in total. The maximum absolute atomic E-state index is 5.79. The van der Waals surface area contributed by atoms with Crippen LogP contribution in [0.3, 0.4) is 0 Å². The zero-order valence-electron chi connectivity index (χ0n) is 13.8. The van der Waals surface area contributed by atoms with Crippen LogP contribution in [0.15, 0.2) is 29.4 Å². The molecule has 0 N–H and O–H groups in total. The van der Waals surface area contributed by atoms with Gasteiger partial charge >= 0.3 is 6.01 Å². The predicted molar refractivity (Wildman–Crippen MR) is 85.6 cm³/mol. The van der Waals surface area contributed by atoms with E-state index in [4.69, 9.17) is 19.0 Å². The van der Waals surface area contributed by atoms with E-state index in [0.717, 1.165) is 16.8 Å². The standard InChI is InChI=1S/C16H19N3O4/c1-10-12(11(2)19-22-5)7-6-8-13(10)23-16-17-14(20-3)9-15(18-16)21-4/h6-9H,1-5H3/b19-11-. The van der Waals surface area contributed by atoms with Crippen LogP contribution in [-0.2, 0) is 4.84 Å². The first-order valence-electron chi connectivity index (χ1n) is 6.91. The zero-order chi connectivity index (χ0) is 16.8. The van der Waals surface area contributed by atoms with Crippen molar-refractivity contribution in [3.05, 3.63) is 35.4 Å². The normalized spacial score (nSPS) is 11.1. The third-order valence-corrected chi connectivity index (χ3v) is 3.18. The maximum atomic E-state index is 5.79. The smallest absolute Gasteiger partial charge is 0.328 e. The van der Waals surface area contributed by atoms with Crippen LogP contribution in [-0.4, -0.2) is 37.0 Å². The van der Waals surface area contributed by atoms with Crippen molar-refractivity contribution in [3.8, 4) is 23.5 Å². The van der Waals surface area contributed by atoms with Gasteiger partial charge in [-0.05, 0) is 19.9 Å². The molecular weight excluding hydrogens is 298 g/mol. The van der Waals surface area contributed by atoms with Gasteiger partial charge in [0.25, 0.3) is 0 Å². The molecule has 2 rings (SSSR count). The van der Waals surface area contributed by atoms with Crippen molar-refractivity contribution in [1.82, 2.24) is 9.97 Å². The van der Waals surface area contributed by atoms with Crippen molar-refractivity contribution in [2.45, 2.75) is 13.8 Å². The minimum atomic E-state index is 0.141. The molecule has 0 aliphatic rings. The lowest BCUT2D eigenvalue weighted by molar-refractivity contribution is 0.213. The average Bonchev–Trinajstić information content (AvgIpc) is 2.56. The lowest BCUT2D eigenvalue weighted by atomic mass is 10.0. The van der Waals surface area contributed by atoms with E-state index in [9.17, 15) is 0 Å². The zero-order valence-corrected chi connectivity index (χ0v) is 13.8. The van der Waals surface area contributed by atoms with Gasteiger partial charge in [0, 0.05) is 11.1 Å². The molecule has 122 valence electrons. The van der Waals surface area contributed by atoms with Gasteiger partial charge in [-0.25, -0.2) is 0 Å². The highest BCUT2D eigenvalue weighted by Gasteiger charge is 2.12. The monoisotopic (exact) mass is 317 g/mol. The van der Waals surface area contributed by atoms with Gasteiger partial charge in [0.15, 0.2) is 0 Å². The Morgan fingerprint density at radius 1 is 1.04 bits per heavy atom. The molecule has 0 spiro atoms. The number of oxime groups is 1. The van der Waals surface area contributed by atoms with Crippen molar-refractivity contribution in [2.75, 3.05) is 21.3 Å². The van der Waals surface area contributed by atoms with Crippen molar-refractivity contribution >= 4 is 5.71 Å². The molecular formula is C16H19N3O4. The summed E-state index contributed by atoms with van der Waals surface area (Å²) in [5.41, 5.74) is 2.56. The Labute approximate surface area is 134 Å². The Morgan fingerprint density at radius 2 is 1.70 bits per heavy atom. The van der Waals surface area contributed by atoms with Gasteiger partial charge in [0.1, 0.15) is 12.9 Å². The van der Waals surface area contributed by atoms with Gasteiger partial charge in [-0.15, -0.1) is 0 Å². The summed E-state index contributed by atoms with van der Waals surface area (Å²) in [7, 11) is 4.54. The first-order valence-corrected chi connectivity index (χ1v) is 6.91. The van der Waals surface area contributed by atoms with E-state index in [-0.39, 0.29) is 6.01 Å². The van der Waals surface area contributed by atoms with E-state index in [1.807, 2.05) is 32.0 Å². The highest BCUT2D eigenvalue weighted by Crippen LogP contribution is 2.28. The fourth-order valence-corrected chi connectivity index (χ4v) is 2.04. The number of nitrogens with zero attached hydrogens (tertiary/aromatic N) is 3. The number of hydrogen-bond acceptors (Lipinski definition) is 7. The SMILES string of the molecule is CO/N=C(/C)c1cccc(Oc2nc(OC)cc(OC)n2)c1C. The molecule has 7 heteroatoms. The highest BCUT2D eigenvalue weighted by atomic mass is 16.6.